The molecule has 0 saturated carbocycles. The number of hydrogen-bond acceptors (Lipinski definition) is 3. The number of benzene rings is 1. The highest BCUT2D eigenvalue weighted by Gasteiger charge is 2.93. The Morgan fingerprint density at radius 2 is 1.11 bits per heavy atom. The second-order valence-corrected chi connectivity index (χ2v) is 11.6. The molecule has 1 aromatic rings. The first-order valence-corrected chi connectivity index (χ1v) is 12.7. The summed E-state index contributed by atoms with van der Waals surface area (Å²) in [4.78, 5) is -0.629. The van der Waals surface area contributed by atoms with Gasteiger partial charge in [-0.25, -0.2) is 13.1 Å². The van der Waals surface area contributed by atoms with Gasteiger partial charge in [-0.15, -0.1) is 0 Å². The van der Waals surface area contributed by atoms with E-state index < -0.39 is 74.2 Å². The van der Waals surface area contributed by atoms with Gasteiger partial charge in [-0.05, 0) is 24.3 Å². The fourth-order valence-electron chi connectivity index (χ4n) is 2.91. The number of hydrogen-bond donors (Lipinski definition) is 1. The van der Waals surface area contributed by atoms with Crippen LogP contribution in [0.1, 0.15) is 6.42 Å². The molecule has 1 N–H and O–H groups in total. The number of allylic oxidation sites excluding steroid dienone is 1. The summed E-state index contributed by atoms with van der Waals surface area (Å²) in [6.45, 7) is 0.396. The molecule has 0 aromatic heterocycles. The van der Waals surface area contributed by atoms with Gasteiger partial charge in [0.05, 0.1) is 32.6 Å². The Labute approximate surface area is 260 Å². The Hall–Kier alpha value is -1.83. The fraction of sp³-hybridized carbons (Fsp3) is 0.619. The van der Waals surface area contributed by atoms with Gasteiger partial charge in [0.2, 0.25) is 15.9 Å². The molecule has 0 aliphatic rings. The van der Waals surface area contributed by atoms with Crippen LogP contribution in [0.3, 0.4) is 0 Å². The lowest BCUT2D eigenvalue weighted by atomic mass is 9.91. The third kappa shape index (κ3) is 8.19. The minimum atomic E-state index is -8.69. The van der Waals surface area contributed by atoms with Gasteiger partial charge in [0.25, 0.3) is 0 Å². The van der Waals surface area contributed by atoms with Gasteiger partial charge in [0.15, 0.2) is 0 Å². The molecule has 0 bridgehead atoms. The second-order valence-electron chi connectivity index (χ2n) is 9.87. The molecular weight excluding hydrogens is 810 g/mol. The van der Waals surface area contributed by atoms with Crippen LogP contribution >= 0.6 is 0 Å². The first kappa shape index (κ1) is 43.2. The molecule has 0 heterocycles. The Morgan fingerprint density at radius 3 is 1.51 bits per heavy atom. The minimum absolute atomic E-state index is 0. The quantitative estimate of drug-likeness (QED) is 0.102. The molecule has 1 aromatic carbocycles. The number of rotatable bonds is 14. The van der Waals surface area contributed by atoms with Gasteiger partial charge in [-0.1, -0.05) is 0 Å². The Balaban J connectivity index is 0.0000194. The van der Waals surface area contributed by atoms with Gasteiger partial charge in [-0.2, -0.15) is 74.6 Å². The van der Waals surface area contributed by atoms with Crippen LogP contribution in [-0.2, 0) is 10.0 Å². The first-order valence-electron chi connectivity index (χ1n) is 11.2. The van der Waals surface area contributed by atoms with Crippen molar-refractivity contribution in [2.75, 3.05) is 34.2 Å². The maximum absolute atomic E-state index is 13.9. The van der Waals surface area contributed by atoms with Crippen molar-refractivity contribution in [3.63, 3.8) is 0 Å². The predicted molar refractivity (Wildman–Crippen MR) is 115 cm³/mol. The van der Waals surface area contributed by atoms with Crippen molar-refractivity contribution >= 4 is 10.0 Å². The second kappa shape index (κ2) is 13.4. The lowest BCUT2D eigenvalue weighted by molar-refractivity contribution is -0.870. The summed E-state index contributed by atoms with van der Waals surface area (Å²) in [5, 5.41) is 0. The monoisotopic (exact) mass is 830 g/mol. The smallest absolute Gasteiger partial charge is 0.460 e. The molecule has 0 radical (unpaired) electrons. The molecule has 0 aliphatic carbocycles. The molecule has 1 rings (SSSR count). The van der Waals surface area contributed by atoms with E-state index in [9.17, 15) is 83.1 Å². The largest absolute Gasteiger partial charge is 1.00 e. The number of quaternary nitrogens is 1. The Kier molecular flexibility index (Phi) is 12.8. The molecule has 0 atom stereocenters. The van der Waals surface area contributed by atoms with Crippen molar-refractivity contribution in [1.82, 2.24) is 4.72 Å². The summed E-state index contributed by atoms with van der Waals surface area (Å²) in [5.74, 6) is -55.9. The molecule has 45 heavy (non-hydrogen) atoms. The number of halogens is 18. The molecule has 0 unspecified atom stereocenters. The lowest BCUT2D eigenvalue weighted by Crippen LogP contribution is -3.00. The average Bonchev–Trinajstić information content (AvgIpc) is 2.84. The zero-order valence-electron chi connectivity index (χ0n) is 22.3. The number of alkyl halides is 15. The molecule has 0 amide bonds. The van der Waals surface area contributed by atoms with Gasteiger partial charge in [-0.3, -0.25) is 0 Å². The molecule has 264 valence electrons. The van der Waals surface area contributed by atoms with E-state index in [1.54, 1.807) is 21.1 Å². The van der Waals surface area contributed by atoms with Crippen LogP contribution in [0.5, 0.6) is 5.75 Å². The average molecular weight is 830 g/mol. The van der Waals surface area contributed by atoms with Gasteiger partial charge in [0, 0.05) is 13.0 Å². The van der Waals surface area contributed by atoms with Crippen molar-refractivity contribution in [2.24, 2.45) is 0 Å². The highest BCUT2D eigenvalue weighted by molar-refractivity contribution is 7.89. The number of sulfonamides is 1. The van der Waals surface area contributed by atoms with Crippen molar-refractivity contribution in [3.8, 4) is 5.75 Å². The van der Waals surface area contributed by atoms with Crippen LogP contribution in [0.2, 0.25) is 0 Å². The molecule has 0 saturated heterocycles. The predicted octanol–water partition coefficient (Wildman–Crippen LogP) is 3.93. The fourth-order valence-corrected chi connectivity index (χ4v) is 3.98. The summed E-state index contributed by atoms with van der Waals surface area (Å²) in [5.41, 5.74) is 0. The summed E-state index contributed by atoms with van der Waals surface area (Å²) in [6.07, 6.45) is -7.50. The van der Waals surface area contributed by atoms with Gasteiger partial charge < -0.3 is 33.2 Å². The van der Waals surface area contributed by atoms with E-state index in [1.807, 2.05) is 0 Å². The third-order valence-corrected chi connectivity index (χ3v) is 6.89. The zero-order chi connectivity index (χ0) is 35.2. The normalized spacial score (nSPS) is 15.4. The highest BCUT2D eigenvalue weighted by atomic mass is 127. The molecule has 24 heteroatoms. The van der Waals surface area contributed by atoms with E-state index in [0.29, 0.717) is 41.7 Å². The first-order chi connectivity index (χ1) is 19.2. The van der Waals surface area contributed by atoms with Gasteiger partial charge in [0.1, 0.15) is 5.75 Å². The summed E-state index contributed by atoms with van der Waals surface area (Å²) < 4.78 is 257. The lowest BCUT2D eigenvalue weighted by Gasteiger charge is -2.41. The number of nitrogens with one attached hydrogen (secondary N) is 1. The van der Waals surface area contributed by atoms with Crippen LogP contribution in [0, 0.1) is 0 Å². The molecular formula is C21H20F17IN2O3S. The molecule has 5 nitrogen and oxygen atoms in total. The third-order valence-electron chi connectivity index (χ3n) is 5.42. The van der Waals surface area contributed by atoms with E-state index in [-0.39, 0.29) is 30.5 Å². The molecule has 0 aliphatic heterocycles. The van der Waals surface area contributed by atoms with Crippen LogP contribution in [0.4, 0.5) is 74.6 Å². The minimum Gasteiger partial charge on any atom is -1.00 e. The molecule has 0 spiro atoms. The van der Waals surface area contributed by atoms with Crippen LogP contribution < -0.4 is 33.4 Å². The Morgan fingerprint density at radius 1 is 0.711 bits per heavy atom. The molecule has 0 fully saturated rings. The highest BCUT2D eigenvalue weighted by Crippen LogP contribution is 2.63. The van der Waals surface area contributed by atoms with Crippen molar-refractivity contribution in [3.05, 3.63) is 36.1 Å². The van der Waals surface area contributed by atoms with E-state index in [2.05, 4.69) is 9.46 Å². The van der Waals surface area contributed by atoms with E-state index in [0.717, 1.165) is 0 Å². The number of nitrogens with zero attached hydrogens (tertiary/aromatic N) is 1. The topological polar surface area (TPSA) is 55.4 Å². The van der Waals surface area contributed by atoms with Gasteiger partial charge >= 0.3 is 47.7 Å². The summed E-state index contributed by atoms with van der Waals surface area (Å²) in [6, 6.07) is -1.87. The van der Waals surface area contributed by atoms with Crippen molar-refractivity contribution < 1.29 is 116 Å². The van der Waals surface area contributed by atoms with Crippen molar-refractivity contribution in [1.29, 1.82) is 0 Å². The maximum Gasteiger partial charge on any atom is 0.460 e. The van der Waals surface area contributed by atoms with Crippen LogP contribution in [0.15, 0.2) is 41.0 Å². The van der Waals surface area contributed by atoms with E-state index in [1.165, 1.54) is 0 Å². The summed E-state index contributed by atoms with van der Waals surface area (Å²) >= 11 is 0. The van der Waals surface area contributed by atoms with Crippen LogP contribution in [0.25, 0.3) is 0 Å². The summed E-state index contributed by atoms with van der Waals surface area (Å²) in [7, 11) is 1.08. The SMILES string of the molecule is C[N+](C)(C)CCCNS(=O)(=O)c1ccc(OC(F)=C(F)C(F)(F)C(F)(F)C(F)(F)C(F)(F)C(F)(F)C(F)(F)C(F)(F)F)cc1.[I-]. The van der Waals surface area contributed by atoms with Crippen molar-refractivity contribution in [2.45, 2.75) is 53.0 Å². The standard InChI is InChI=1S/C21H20F17N2O3S.HI/c1-40(2,3)10-4-9-39-44(41,42)12-7-5-11(6-8-12)43-14(23)13(22)15(24,25)16(26,27)17(28,29)18(30,31)19(32,33)20(34,35)21(36,37)38;/h5-8,39H,4,9-10H2,1-3H3;1H/q+1;/p-1. The Bertz CT molecular complexity index is 1310. The van der Waals surface area contributed by atoms with E-state index in [4.69, 9.17) is 0 Å². The zero-order valence-corrected chi connectivity index (χ0v) is 25.3. The van der Waals surface area contributed by atoms with E-state index >= 15 is 0 Å². The number of ether oxygens (including phenoxy) is 1. The maximum atomic E-state index is 13.9. The van der Waals surface area contributed by atoms with Crippen LogP contribution in [-0.4, -0.2) is 88.8 Å².